The van der Waals surface area contributed by atoms with E-state index in [-0.39, 0.29) is 18.1 Å². The fourth-order valence-corrected chi connectivity index (χ4v) is 3.62. The summed E-state index contributed by atoms with van der Waals surface area (Å²) in [7, 11) is 0. The van der Waals surface area contributed by atoms with Crippen LogP contribution in [0.3, 0.4) is 0 Å². The van der Waals surface area contributed by atoms with Crippen molar-refractivity contribution in [3.8, 4) is 0 Å². The molecule has 2 aliphatic rings. The van der Waals surface area contributed by atoms with E-state index in [9.17, 15) is 9.90 Å². The first kappa shape index (κ1) is 15.3. The molecule has 2 N–H and O–H groups in total. The van der Waals surface area contributed by atoms with E-state index in [0.29, 0.717) is 25.6 Å². The van der Waals surface area contributed by atoms with E-state index in [0.717, 1.165) is 30.7 Å². The molecule has 120 valence electrons. The molecule has 2 atom stereocenters. The first-order valence-corrected chi connectivity index (χ1v) is 8.01. The van der Waals surface area contributed by atoms with Crippen molar-refractivity contribution in [2.45, 2.75) is 19.8 Å². The Morgan fingerprint density at radius 1 is 1.50 bits per heavy atom. The van der Waals surface area contributed by atoms with Crippen molar-refractivity contribution in [3.05, 3.63) is 29.8 Å². The minimum Gasteiger partial charge on any atom is -0.396 e. The van der Waals surface area contributed by atoms with Crippen LogP contribution in [0.5, 0.6) is 0 Å². The van der Waals surface area contributed by atoms with Gasteiger partial charge < -0.3 is 20.1 Å². The number of benzene rings is 1. The molecule has 5 heteroatoms. The minimum absolute atomic E-state index is 0.0764. The number of aliphatic hydroxyl groups excluding tert-OH is 1. The third-order valence-corrected chi connectivity index (χ3v) is 5.05. The van der Waals surface area contributed by atoms with Gasteiger partial charge >= 0.3 is 6.03 Å². The second-order valence-corrected chi connectivity index (χ2v) is 6.38. The summed E-state index contributed by atoms with van der Waals surface area (Å²) in [6, 6.07) is 7.80. The van der Waals surface area contributed by atoms with Crippen molar-refractivity contribution < 1.29 is 14.6 Å². The number of ether oxygens (including phenoxy) is 1. The van der Waals surface area contributed by atoms with Crippen LogP contribution in [0, 0.1) is 11.3 Å². The summed E-state index contributed by atoms with van der Waals surface area (Å²) in [5, 5.41) is 12.8. The number of carbonyl (C=O) groups is 1. The Morgan fingerprint density at radius 2 is 2.32 bits per heavy atom. The molecule has 0 radical (unpaired) electrons. The van der Waals surface area contributed by atoms with Crippen LogP contribution in [0.4, 0.5) is 10.5 Å². The smallest absolute Gasteiger partial charge is 0.321 e. The fraction of sp³-hybridized carbons (Fsp3) is 0.588. The quantitative estimate of drug-likeness (QED) is 0.899. The normalized spacial score (nSPS) is 27.5. The molecule has 0 bridgehead atoms. The second-order valence-electron chi connectivity index (χ2n) is 6.38. The van der Waals surface area contributed by atoms with Gasteiger partial charge in [-0.15, -0.1) is 0 Å². The molecule has 0 aliphatic carbocycles. The van der Waals surface area contributed by atoms with Gasteiger partial charge in [0.25, 0.3) is 0 Å². The van der Waals surface area contributed by atoms with Crippen LogP contribution in [0.2, 0.25) is 0 Å². The number of hydrogen-bond acceptors (Lipinski definition) is 3. The van der Waals surface area contributed by atoms with E-state index >= 15 is 0 Å². The van der Waals surface area contributed by atoms with Crippen LogP contribution in [0.15, 0.2) is 24.3 Å². The molecule has 2 amide bonds. The lowest BCUT2D eigenvalue weighted by molar-refractivity contribution is -0.0555. The highest BCUT2D eigenvalue weighted by atomic mass is 16.5. The molecule has 2 heterocycles. The van der Waals surface area contributed by atoms with Crippen LogP contribution >= 0.6 is 0 Å². The standard InChI is InChI=1S/C17H24N2O3/c1-2-13-5-3-4-6-15(13)18-16(21)19-9-14-7-8-22-12-17(14,10-19)11-20/h3-6,14,20H,2,7-12H2,1H3,(H,18,21)/t14-,17+/m0/s1. The molecule has 2 fully saturated rings. The highest BCUT2D eigenvalue weighted by Crippen LogP contribution is 2.41. The van der Waals surface area contributed by atoms with Gasteiger partial charge in [0.05, 0.1) is 13.2 Å². The molecule has 1 aromatic rings. The van der Waals surface area contributed by atoms with Crippen LogP contribution in [-0.2, 0) is 11.2 Å². The number of likely N-dealkylation sites (tertiary alicyclic amines) is 1. The van der Waals surface area contributed by atoms with E-state index in [1.165, 1.54) is 0 Å². The maximum Gasteiger partial charge on any atom is 0.321 e. The molecule has 0 spiro atoms. The molecule has 0 unspecified atom stereocenters. The fourth-order valence-electron chi connectivity index (χ4n) is 3.62. The Labute approximate surface area is 131 Å². The lowest BCUT2D eigenvalue weighted by atomic mass is 9.76. The zero-order valence-electron chi connectivity index (χ0n) is 13.0. The SMILES string of the molecule is CCc1ccccc1NC(=O)N1C[C@@H]2CCOC[C@]2(CO)C1. The summed E-state index contributed by atoms with van der Waals surface area (Å²) in [6.45, 7) is 4.68. The number of urea groups is 1. The maximum atomic E-state index is 12.6. The topological polar surface area (TPSA) is 61.8 Å². The van der Waals surface area contributed by atoms with Crippen molar-refractivity contribution in [2.75, 3.05) is 38.2 Å². The van der Waals surface area contributed by atoms with Gasteiger partial charge in [-0.3, -0.25) is 0 Å². The number of aryl methyl sites for hydroxylation is 1. The molecule has 0 saturated carbocycles. The summed E-state index contributed by atoms with van der Waals surface area (Å²) in [5.41, 5.74) is 1.73. The Morgan fingerprint density at radius 3 is 3.05 bits per heavy atom. The Kier molecular flexibility index (Phi) is 4.36. The predicted octanol–water partition coefficient (Wildman–Crippen LogP) is 2.11. The van der Waals surface area contributed by atoms with Gasteiger partial charge in [-0.05, 0) is 30.4 Å². The summed E-state index contributed by atoms with van der Waals surface area (Å²) in [4.78, 5) is 14.4. The number of anilines is 1. The van der Waals surface area contributed by atoms with Crippen molar-refractivity contribution in [1.82, 2.24) is 4.90 Å². The first-order chi connectivity index (χ1) is 10.7. The molecule has 22 heavy (non-hydrogen) atoms. The summed E-state index contributed by atoms with van der Waals surface area (Å²) >= 11 is 0. The molecule has 2 aliphatic heterocycles. The number of aliphatic hydroxyl groups is 1. The Bertz CT molecular complexity index is 548. The number of nitrogens with one attached hydrogen (secondary N) is 1. The average molecular weight is 304 g/mol. The van der Waals surface area contributed by atoms with Gasteiger partial charge in [-0.1, -0.05) is 25.1 Å². The largest absolute Gasteiger partial charge is 0.396 e. The highest BCUT2D eigenvalue weighted by Gasteiger charge is 2.49. The molecule has 1 aromatic carbocycles. The number of fused-ring (bicyclic) bond motifs is 1. The lowest BCUT2D eigenvalue weighted by Gasteiger charge is -2.36. The lowest BCUT2D eigenvalue weighted by Crippen LogP contribution is -2.43. The zero-order chi connectivity index (χ0) is 15.6. The van der Waals surface area contributed by atoms with Gasteiger partial charge in [-0.2, -0.15) is 0 Å². The number of carbonyl (C=O) groups excluding carboxylic acids is 1. The summed E-state index contributed by atoms with van der Waals surface area (Å²) in [5.74, 6) is 0.332. The van der Waals surface area contributed by atoms with Crippen LogP contribution in [-0.4, -0.2) is 48.9 Å². The third-order valence-electron chi connectivity index (χ3n) is 5.05. The summed E-state index contributed by atoms with van der Waals surface area (Å²) in [6.07, 6.45) is 1.80. The van der Waals surface area contributed by atoms with E-state index in [2.05, 4.69) is 12.2 Å². The van der Waals surface area contributed by atoms with Crippen LogP contribution < -0.4 is 5.32 Å². The minimum atomic E-state index is -0.278. The monoisotopic (exact) mass is 304 g/mol. The van der Waals surface area contributed by atoms with Crippen LogP contribution in [0.1, 0.15) is 18.9 Å². The van der Waals surface area contributed by atoms with E-state index in [1.807, 2.05) is 29.2 Å². The van der Waals surface area contributed by atoms with E-state index in [1.54, 1.807) is 0 Å². The Balaban J connectivity index is 1.71. The second kappa shape index (κ2) is 6.26. The number of hydrogen-bond donors (Lipinski definition) is 2. The van der Waals surface area contributed by atoms with Crippen molar-refractivity contribution >= 4 is 11.7 Å². The van der Waals surface area contributed by atoms with Crippen molar-refractivity contribution in [2.24, 2.45) is 11.3 Å². The van der Waals surface area contributed by atoms with Crippen LogP contribution in [0.25, 0.3) is 0 Å². The number of rotatable bonds is 3. The zero-order valence-corrected chi connectivity index (χ0v) is 13.0. The van der Waals surface area contributed by atoms with Gasteiger partial charge in [0, 0.05) is 30.8 Å². The molecule has 0 aromatic heterocycles. The summed E-state index contributed by atoms with van der Waals surface area (Å²) < 4.78 is 5.54. The van der Waals surface area contributed by atoms with Crippen molar-refractivity contribution in [1.29, 1.82) is 0 Å². The van der Waals surface area contributed by atoms with Gasteiger partial charge in [0.1, 0.15) is 0 Å². The highest BCUT2D eigenvalue weighted by molar-refractivity contribution is 5.90. The number of para-hydroxylation sites is 1. The molecule has 3 rings (SSSR count). The molecule has 2 saturated heterocycles. The first-order valence-electron chi connectivity index (χ1n) is 8.01. The van der Waals surface area contributed by atoms with Gasteiger partial charge in [-0.25, -0.2) is 4.79 Å². The van der Waals surface area contributed by atoms with Gasteiger partial charge in [0.15, 0.2) is 0 Å². The number of amides is 2. The van der Waals surface area contributed by atoms with Gasteiger partial charge in [0.2, 0.25) is 0 Å². The maximum absolute atomic E-state index is 12.6. The third kappa shape index (κ3) is 2.71. The van der Waals surface area contributed by atoms with E-state index in [4.69, 9.17) is 4.74 Å². The Hall–Kier alpha value is -1.59. The predicted molar refractivity (Wildman–Crippen MR) is 84.9 cm³/mol. The van der Waals surface area contributed by atoms with Crippen molar-refractivity contribution in [3.63, 3.8) is 0 Å². The molecule has 5 nitrogen and oxygen atoms in total. The number of nitrogens with zero attached hydrogens (tertiary/aromatic N) is 1. The van der Waals surface area contributed by atoms with E-state index < -0.39 is 0 Å². The molecular formula is C17H24N2O3. The average Bonchev–Trinajstić information content (AvgIpc) is 2.95. The molecular weight excluding hydrogens is 280 g/mol.